The van der Waals surface area contributed by atoms with Crippen molar-refractivity contribution in [1.29, 1.82) is 0 Å². The second-order valence-corrected chi connectivity index (χ2v) is 6.55. The number of aromatic nitrogens is 2. The SMILES string of the molecule is O=C(COc1ccc(F)cc1)NCc1nnc(C(=O)Nc2cccc(F)c2)s1. The van der Waals surface area contributed by atoms with Crippen molar-refractivity contribution in [2.24, 2.45) is 0 Å². The molecule has 0 bridgehead atoms. The molecule has 28 heavy (non-hydrogen) atoms. The van der Waals surface area contributed by atoms with Gasteiger partial charge in [-0.25, -0.2) is 8.78 Å². The Morgan fingerprint density at radius 3 is 2.57 bits per heavy atom. The second kappa shape index (κ2) is 9.00. The first-order valence-corrected chi connectivity index (χ1v) is 8.85. The Morgan fingerprint density at radius 2 is 1.82 bits per heavy atom. The molecule has 3 aromatic rings. The number of benzene rings is 2. The summed E-state index contributed by atoms with van der Waals surface area (Å²) in [4.78, 5) is 23.9. The van der Waals surface area contributed by atoms with E-state index < -0.39 is 23.4 Å². The fourth-order valence-electron chi connectivity index (χ4n) is 2.07. The Labute approximate surface area is 162 Å². The van der Waals surface area contributed by atoms with Crippen molar-refractivity contribution in [1.82, 2.24) is 15.5 Å². The van der Waals surface area contributed by atoms with Gasteiger partial charge in [0.1, 0.15) is 22.4 Å². The third-order valence-electron chi connectivity index (χ3n) is 3.36. The number of hydrogen-bond donors (Lipinski definition) is 2. The van der Waals surface area contributed by atoms with Gasteiger partial charge in [-0.2, -0.15) is 0 Å². The van der Waals surface area contributed by atoms with Crippen LogP contribution in [0.3, 0.4) is 0 Å². The Kier molecular flexibility index (Phi) is 6.22. The quantitative estimate of drug-likeness (QED) is 0.632. The van der Waals surface area contributed by atoms with Crippen molar-refractivity contribution < 1.29 is 23.1 Å². The normalized spacial score (nSPS) is 10.4. The highest BCUT2D eigenvalue weighted by atomic mass is 32.1. The number of nitrogens with zero attached hydrogens (tertiary/aromatic N) is 2. The molecule has 0 fully saturated rings. The number of carbonyl (C=O) groups excluding carboxylic acids is 2. The van der Waals surface area contributed by atoms with E-state index in [2.05, 4.69) is 20.8 Å². The van der Waals surface area contributed by atoms with Crippen LogP contribution in [-0.4, -0.2) is 28.6 Å². The summed E-state index contributed by atoms with van der Waals surface area (Å²) < 4.78 is 31.2. The van der Waals surface area contributed by atoms with Gasteiger partial charge in [0, 0.05) is 5.69 Å². The summed E-state index contributed by atoms with van der Waals surface area (Å²) in [6.45, 7) is -0.187. The Hall–Kier alpha value is -3.40. The van der Waals surface area contributed by atoms with Crippen LogP contribution in [0.4, 0.5) is 14.5 Å². The number of anilines is 1. The average molecular weight is 404 g/mol. The fraction of sp³-hybridized carbons (Fsp3) is 0.111. The standard InChI is InChI=1S/C18H14F2N4O3S/c19-11-4-6-14(7-5-11)27-10-15(25)21-9-16-23-24-18(28-16)17(26)22-13-3-1-2-12(20)8-13/h1-8H,9-10H2,(H,21,25)(H,22,26). The third-order valence-corrected chi connectivity index (χ3v) is 4.29. The molecule has 10 heteroatoms. The van der Waals surface area contributed by atoms with Crippen LogP contribution in [0.2, 0.25) is 0 Å². The minimum Gasteiger partial charge on any atom is -0.484 e. The average Bonchev–Trinajstić information content (AvgIpc) is 3.15. The molecule has 2 aromatic carbocycles. The predicted octanol–water partition coefficient (Wildman–Crippen LogP) is 2.76. The van der Waals surface area contributed by atoms with Crippen LogP contribution in [-0.2, 0) is 11.3 Å². The van der Waals surface area contributed by atoms with Gasteiger partial charge < -0.3 is 15.4 Å². The number of carbonyl (C=O) groups is 2. The Bertz CT molecular complexity index is 979. The molecule has 1 aromatic heterocycles. The zero-order valence-electron chi connectivity index (χ0n) is 14.3. The molecule has 3 rings (SSSR count). The number of ether oxygens (including phenoxy) is 1. The maximum Gasteiger partial charge on any atom is 0.286 e. The third kappa shape index (κ3) is 5.55. The molecule has 0 unspecified atom stereocenters. The van der Waals surface area contributed by atoms with Crippen LogP contribution < -0.4 is 15.4 Å². The van der Waals surface area contributed by atoms with Crippen molar-refractivity contribution in [2.45, 2.75) is 6.54 Å². The summed E-state index contributed by atoms with van der Waals surface area (Å²) >= 11 is 0.997. The fourth-order valence-corrected chi connectivity index (χ4v) is 2.75. The molecule has 2 amide bonds. The lowest BCUT2D eigenvalue weighted by atomic mass is 10.3. The largest absolute Gasteiger partial charge is 0.484 e. The lowest BCUT2D eigenvalue weighted by molar-refractivity contribution is -0.123. The number of rotatable bonds is 7. The van der Waals surface area contributed by atoms with Crippen LogP contribution in [0, 0.1) is 11.6 Å². The van der Waals surface area contributed by atoms with E-state index >= 15 is 0 Å². The lowest BCUT2D eigenvalue weighted by Crippen LogP contribution is -2.28. The Balaban J connectivity index is 1.46. The van der Waals surface area contributed by atoms with Gasteiger partial charge in [0.15, 0.2) is 6.61 Å². The van der Waals surface area contributed by atoms with E-state index in [1.165, 1.54) is 42.5 Å². The first kappa shape index (κ1) is 19.4. The van der Waals surface area contributed by atoms with Gasteiger partial charge in [-0.05, 0) is 42.5 Å². The maximum absolute atomic E-state index is 13.1. The Morgan fingerprint density at radius 1 is 1.04 bits per heavy atom. The first-order valence-electron chi connectivity index (χ1n) is 8.04. The molecule has 0 spiro atoms. The van der Waals surface area contributed by atoms with Gasteiger partial charge in [-0.1, -0.05) is 17.4 Å². The zero-order chi connectivity index (χ0) is 19.9. The van der Waals surface area contributed by atoms with E-state index in [1.54, 1.807) is 6.07 Å². The molecular formula is C18H14F2N4O3S. The van der Waals surface area contributed by atoms with Gasteiger partial charge in [0.05, 0.1) is 6.54 Å². The smallest absolute Gasteiger partial charge is 0.286 e. The summed E-state index contributed by atoms with van der Waals surface area (Å²) in [7, 11) is 0. The molecule has 0 saturated carbocycles. The highest BCUT2D eigenvalue weighted by Gasteiger charge is 2.14. The van der Waals surface area contributed by atoms with Crippen molar-refractivity contribution in [2.75, 3.05) is 11.9 Å². The molecule has 7 nitrogen and oxygen atoms in total. The molecule has 0 radical (unpaired) electrons. The van der Waals surface area contributed by atoms with Crippen LogP contribution in [0.1, 0.15) is 14.8 Å². The summed E-state index contributed by atoms with van der Waals surface area (Å²) in [5.41, 5.74) is 0.299. The van der Waals surface area contributed by atoms with E-state index in [1.807, 2.05) is 0 Å². The van der Waals surface area contributed by atoms with Crippen LogP contribution in [0.15, 0.2) is 48.5 Å². The van der Waals surface area contributed by atoms with Gasteiger partial charge >= 0.3 is 0 Å². The molecular weight excluding hydrogens is 390 g/mol. The van der Waals surface area contributed by atoms with Crippen LogP contribution >= 0.6 is 11.3 Å². The van der Waals surface area contributed by atoms with Gasteiger partial charge in [0.2, 0.25) is 5.01 Å². The topological polar surface area (TPSA) is 93.2 Å². The second-order valence-electron chi connectivity index (χ2n) is 5.48. The van der Waals surface area contributed by atoms with Crippen molar-refractivity contribution in [3.05, 3.63) is 70.2 Å². The van der Waals surface area contributed by atoms with Gasteiger partial charge in [-0.3, -0.25) is 9.59 Å². The molecule has 0 atom stereocenters. The molecule has 0 aliphatic heterocycles. The number of halogens is 2. The van der Waals surface area contributed by atoms with Crippen molar-refractivity contribution in [3.63, 3.8) is 0 Å². The molecule has 0 aliphatic carbocycles. The highest BCUT2D eigenvalue weighted by Crippen LogP contribution is 2.14. The molecule has 2 N–H and O–H groups in total. The van der Waals surface area contributed by atoms with E-state index in [0.717, 1.165) is 11.3 Å². The lowest BCUT2D eigenvalue weighted by Gasteiger charge is -2.06. The minimum absolute atomic E-state index is 0.0660. The van der Waals surface area contributed by atoms with E-state index in [9.17, 15) is 18.4 Å². The molecule has 144 valence electrons. The van der Waals surface area contributed by atoms with Gasteiger partial charge in [-0.15, -0.1) is 10.2 Å². The van der Waals surface area contributed by atoms with Crippen molar-refractivity contribution >= 4 is 28.8 Å². The summed E-state index contributed by atoms with van der Waals surface area (Å²) in [6, 6.07) is 10.7. The highest BCUT2D eigenvalue weighted by molar-refractivity contribution is 7.13. The van der Waals surface area contributed by atoms with Crippen LogP contribution in [0.25, 0.3) is 0 Å². The summed E-state index contributed by atoms with van der Waals surface area (Å²) in [6.07, 6.45) is 0. The summed E-state index contributed by atoms with van der Waals surface area (Å²) in [5, 5.41) is 13.2. The van der Waals surface area contributed by atoms with E-state index in [4.69, 9.17) is 4.74 Å². The van der Waals surface area contributed by atoms with Crippen molar-refractivity contribution in [3.8, 4) is 5.75 Å². The molecule has 0 aliphatic rings. The molecule has 1 heterocycles. The molecule has 0 saturated heterocycles. The first-order chi connectivity index (χ1) is 13.5. The van der Waals surface area contributed by atoms with E-state index in [0.29, 0.717) is 16.4 Å². The minimum atomic E-state index is -0.527. The van der Waals surface area contributed by atoms with Gasteiger partial charge in [0.25, 0.3) is 11.8 Å². The van der Waals surface area contributed by atoms with Crippen LogP contribution in [0.5, 0.6) is 5.75 Å². The summed E-state index contributed by atoms with van der Waals surface area (Å²) in [5.74, 6) is -1.44. The number of nitrogens with one attached hydrogen (secondary N) is 2. The number of hydrogen-bond acceptors (Lipinski definition) is 6. The predicted molar refractivity (Wildman–Crippen MR) is 98.0 cm³/mol. The monoisotopic (exact) mass is 404 g/mol. The maximum atomic E-state index is 13.1. The zero-order valence-corrected chi connectivity index (χ0v) is 15.1. The van der Waals surface area contributed by atoms with E-state index in [-0.39, 0.29) is 18.2 Å². The number of amides is 2.